The van der Waals surface area contributed by atoms with Gasteiger partial charge in [0.2, 0.25) is 0 Å². The van der Waals surface area contributed by atoms with Crippen molar-refractivity contribution in [3.05, 3.63) is 59.9 Å². The number of ether oxygens (including phenoxy) is 2. The predicted octanol–water partition coefficient (Wildman–Crippen LogP) is 2.67. The lowest BCUT2D eigenvalue weighted by Crippen LogP contribution is -2.55. The molecule has 0 spiro atoms. The standard InChI is InChI=1S/C24H30N6O3/c1-17(2)33-23-14-19(9-10-22(23)32-3)29-11-12-30(21(16-31)24-25-27-28-26-24)20(15-29)13-18-7-5-4-6-8-18/h4-10,14,16-17,20-21H,11-13,15H2,1-3H3,(H,25,26,27,28)/t20?,21-/m1/s1. The average Bonchev–Trinajstić information content (AvgIpc) is 3.35. The third kappa shape index (κ3) is 5.31. The number of aromatic amines is 1. The third-order valence-corrected chi connectivity index (χ3v) is 5.83. The van der Waals surface area contributed by atoms with Crippen molar-refractivity contribution in [1.29, 1.82) is 0 Å². The molecule has 1 unspecified atom stereocenters. The molecule has 2 aromatic carbocycles. The van der Waals surface area contributed by atoms with E-state index in [-0.39, 0.29) is 12.1 Å². The third-order valence-electron chi connectivity index (χ3n) is 5.83. The van der Waals surface area contributed by atoms with Gasteiger partial charge in [-0.25, -0.2) is 0 Å². The highest BCUT2D eigenvalue weighted by Crippen LogP contribution is 2.34. The second-order valence-corrected chi connectivity index (χ2v) is 8.38. The van der Waals surface area contributed by atoms with Gasteiger partial charge in [0, 0.05) is 37.4 Å². The van der Waals surface area contributed by atoms with Crippen LogP contribution in [-0.4, -0.2) is 70.7 Å². The molecule has 4 rings (SSSR count). The molecule has 3 aromatic rings. The number of piperazine rings is 1. The minimum Gasteiger partial charge on any atom is -0.493 e. The maximum atomic E-state index is 12.1. The van der Waals surface area contributed by atoms with Crippen LogP contribution in [0.4, 0.5) is 5.69 Å². The number of aromatic nitrogens is 4. The summed E-state index contributed by atoms with van der Waals surface area (Å²) < 4.78 is 11.5. The minimum atomic E-state index is -0.546. The van der Waals surface area contributed by atoms with Gasteiger partial charge in [0.25, 0.3) is 0 Å². The van der Waals surface area contributed by atoms with E-state index in [2.05, 4.69) is 48.6 Å². The summed E-state index contributed by atoms with van der Waals surface area (Å²) in [5.74, 6) is 1.84. The zero-order valence-electron chi connectivity index (χ0n) is 19.2. The number of H-pyrrole nitrogens is 1. The number of hydrogen-bond donors (Lipinski definition) is 1. The van der Waals surface area contributed by atoms with E-state index in [4.69, 9.17) is 9.47 Å². The number of anilines is 1. The number of nitrogens with one attached hydrogen (secondary N) is 1. The largest absolute Gasteiger partial charge is 0.493 e. The van der Waals surface area contributed by atoms with E-state index in [1.807, 2.05) is 44.2 Å². The van der Waals surface area contributed by atoms with Crippen LogP contribution in [0.3, 0.4) is 0 Å². The summed E-state index contributed by atoms with van der Waals surface area (Å²) in [7, 11) is 1.65. The lowest BCUT2D eigenvalue weighted by atomic mass is 9.99. The molecular weight excluding hydrogens is 420 g/mol. The Kier molecular flexibility index (Phi) is 7.19. The Bertz CT molecular complexity index is 1030. The molecule has 0 radical (unpaired) electrons. The zero-order chi connectivity index (χ0) is 23.2. The van der Waals surface area contributed by atoms with Crippen LogP contribution in [-0.2, 0) is 11.2 Å². The Morgan fingerprint density at radius 3 is 2.64 bits per heavy atom. The number of rotatable bonds is 9. The maximum absolute atomic E-state index is 12.1. The molecule has 1 saturated heterocycles. The Balaban J connectivity index is 1.61. The van der Waals surface area contributed by atoms with Gasteiger partial charge < -0.3 is 19.2 Å². The van der Waals surface area contributed by atoms with Gasteiger partial charge >= 0.3 is 0 Å². The summed E-state index contributed by atoms with van der Waals surface area (Å²) >= 11 is 0. The van der Waals surface area contributed by atoms with Crippen LogP contribution >= 0.6 is 0 Å². The highest BCUT2D eigenvalue weighted by atomic mass is 16.5. The number of benzene rings is 2. The molecule has 1 aromatic heterocycles. The van der Waals surface area contributed by atoms with Crippen LogP contribution in [0.2, 0.25) is 0 Å². The van der Waals surface area contributed by atoms with Crippen molar-refractivity contribution in [3.8, 4) is 11.5 Å². The van der Waals surface area contributed by atoms with Crippen LogP contribution < -0.4 is 14.4 Å². The van der Waals surface area contributed by atoms with Crippen LogP contribution in [0.25, 0.3) is 0 Å². The van der Waals surface area contributed by atoms with Crippen molar-refractivity contribution >= 4 is 12.0 Å². The van der Waals surface area contributed by atoms with E-state index in [9.17, 15) is 4.79 Å². The van der Waals surface area contributed by atoms with Crippen LogP contribution in [0.15, 0.2) is 48.5 Å². The quantitative estimate of drug-likeness (QED) is 0.497. The van der Waals surface area contributed by atoms with Crippen LogP contribution in [0, 0.1) is 0 Å². The topological polar surface area (TPSA) is 96.5 Å². The fraction of sp³-hybridized carbons (Fsp3) is 0.417. The number of methoxy groups -OCH3 is 1. The molecule has 2 heterocycles. The lowest BCUT2D eigenvalue weighted by Gasteiger charge is -2.44. The van der Waals surface area contributed by atoms with Gasteiger partial charge in [0.1, 0.15) is 12.3 Å². The van der Waals surface area contributed by atoms with Gasteiger partial charge in [-0.3, -0.25) is 4.90 Å². The number of carbonyl (C=O) groups is 1. The van der Waals surface area contributed by atoms with E-state index in [0.717, 1.165) is 37.2 Å². The molecule has 1 N–H and O–H groups in total. The van der Waals surface area contributed by atoms with Gasteiger partial charge in [-0.05, 0) is 38.0 Å². The highest BCUT2D eigenvalue weighted by molar-refractivity contribution is 5.60. The monoisotopic (exact) mass is 450 g/mol. The predicted molar refractivity (Wildman–Crippen MR) is 125 cm³/mol. The summed E-state index contributed by atoms with van der Waals surface area (Å²) in [5.41, 5.74) is 2.28. The van der Waals surface area contributed by atoms with Crippen molar-refractivity contribution in [2.45, 2.75) is 38.5 Å². The van der Waals surface area contributed by atoms with E-state index >= 15 is 0 Å². The molecule has 2 atom stereocenters. The van der Waals surface area contributed by atoms with E-state index in [1.165, 1.54) is 5.56 Å². The molecule has 9 heteroatoms. The van der Waals surface area contributed by atoms with Crippen LogP contribution in [0.5, 0.6) is 11.5 Å². The van der Waals surface area contributed by atoms with Gasteiger partial charge in [0.05, 0.1) is 13.2 Å². The summed E-state index contributed by atoms with van der Waals surface area (Å²) in [4.78, 5) is 16.6. The second-order valence-electron chi connectivity index (χ2n) is 8.38. The summed E-state index contributed by atoms with van der Waals surface area (Å²) in [6.45, 7) is 6.17. The maximum Gasteiger partial charge on any atom is 0.198 e. The second kappa shape index (κ2) is 10.4. The first-order valence-electron chi connectivity index (χ1n) is 11.2. The Labute approximate surface area is 193 Å². The van der Waals surface area contributed by atoms with E-state index in [1.54, 1.807) is 7.11 Å². The van der Waals surface area contributed by atoms with Crippen molar-refractivity contribution < 1.29 is 14.3 Å². The van der Waals surface area contributed by atoms with Crippen molar-refractivity contribution in [2.75, 3.05) is 31.6 Å². The Morgan fingerprint density at radius 1 is 1.15 bits per heavy atom. The Morgan fingerprint density at radius 2 is 1.97 bits per heavy atom. The van der Waals surface area contributed by atoms with Crippen molar-refractivity contribution in [2.24, 2.45) is 0 Å². The van der Waals surface area contributed by atoms with Gasteiger partial charge in [0.15, 0.2) is 17.3 Å². The normalized spacial score (nSPS) is 17.7. The van der Waals surface area contributed by atoms with Gasteiger partial charge in [-0.1, -0.05) is 35.5 Å². The number of aldehydes is 1. The summed E-state index contributed by atoms with van der Waals surface area (Å²) in [6.07, 6.45) is 1.74. The van der Waals surface area contributed by atoms with Crippen molar-refractivity contribution in [1.82, 2.24) is 25.5 Å². The zero-order valence-corrected chi connectivity index (χ0v) is 19.2. The van der Waals surface area contributed by atoms with Crippen molar-refractivity contribution in [3.63, 3.8) is 0 Å². The molecular formula is C24H30N6O3. The van der Waals surface area contributed by atoms with E-state index in [0.29, 0.717) is 18.1 Å². The minimum absolute atomic E-state index is 0.0418. The van der Waals surface area contributed by atoms with Gasteiger partial charge in [-0.2, -0.15) is 5.21 Å². The molecule has 9 nitrogen and oxygen atoms in total. The molecule has 0 saturated carbocycles. The first-order valence-corrected chi connectivity index (χ1v) is 11.2. The lowest BCUT2D eigenvalue weighted by molar-refractivity contribution is -0.114. The van der Waals surface area contributed by atoms with Gasteiger partial charge in [-0.15, -0.1) is 10.2 Å². The molecule has 0 aliphatic carbocycles. The molecule has 0 bridgehead atoms. The molecule has 174 valence electrons. The Hall–Kier alpha value is -3.46. The molecule has 1 fully saturated rings. The summed E-state index contributed by atoms with van der Waals surface area (Å²) in [6, 6.07) is 15.9. The first kappa shape index (κ1) is 22.7. The smallest absolute Gasteiger partial charge is 0.198 e. The average molecular weight is 451 g/mol. The number of hydrogen-bond acceptors (Lipinski definition) is 8. The molecule has 1 aliphatic heterocycles. The fourth-order valence-electron chi connectivity index (χ4n) is 4.33. The number of tetrazole rings is 1. The molecule has 33 heavy (non-hydrogen) atoms. The highest BCUT2D eigenvalue weighted by Gasteiger charge is 2.35. The summed E-state index contributed by atoms with van der Waals surface area (Å²) in [5, 5.41) is 14.3. The first-order chi connectivity index (χ1) is 16.1. The van der Waals surface area contributed by atoms with Crippen LogP contribution in [0.1, 0.15) is 31.3 Å². The fourth-order valence-corrected chi connectivity index (χ4v) is 4.33. The molecule has 1 aliphatic rings. The van der Waals surface area contributed by atoms with E-state index < -0.39 is 6.04 Å². The SMILES string of the molecule is COc1ccc(N2CCN([C@H](C=O)c3nn[nH]n3)C(Cc3ccccc3)C2)cc1OC(C)C. The molecule has 0 amide bonds. The number of nitrogens with zero attached hydrogens (tertiary/aromatic N) is 5. The number of carbonyl (C=O) groups excluding carboxylic acids is 1.